The van der Waals surface area contributed by atoms with E-state index in [-0.39, 0.29) is 18.2 Å². The first-order valence-corrected chi connectivity index (χ1v) is 8.46. The van der Waals surface area contributed by atoms with Crippen molar-refractivity contribution < 1.29 is 17.9 Å². The second-order valence-corrected chi connectivity index (χ2v) is 6.74. The highest BCUT2D eigenvalue weighted by atomic mass is 32.2. The van der Waals surface area contributed by atoms with Gasteiger partial charge in [-0.3, -0.25) is 4.79 Å². The van der Waals surface area contributed by atoms with Gasteiger partial charge in [0.2, 0.25) is 15.9 Å². The number of ether oxygens (including phenoxy) is 1. The molecule has 0 aliphatic rings. The van der Waals surface area contributed by atoms with Gasteiger partial charge >= 0.3 is 0 Å². The van der Waals surface area contributed by atoms with Crippen LogP contribution in [0.2, 0.25) is 0 Å². The fraction of sp³-hybridized carbons (Fsp3) is 0.500. The first-order valence-electron chi connectivity index (χ1n) is 6.85. The predicted molar refractivity (Wildman–Crippen MR) is 82.9 cm³/mol. The van der Waals surface area contributed by atoms with Gasteiger partial charge in [0.05, 0.1) is 25.1 Å². The zero-order chi connectivity index (χ0) is 15.9. The second kappa shape index (κ2) is 7.99. The van der Waals surface area contributed by atoms with E-state index in [1.54, 1.807) is 31.2 Å². The minimum Gasteiger partial charge on any atom is -0.495 e. The number of carbonyl (C=O) groups is 1. The van der Waals surface area contributed by atoms with Crippen LogP contribution in [0.5, 0.6) is 5.75 Å². The van der Waals surface area contributed by atoms with Crippen LogP contribution in [0.15, 0.2) is 24.3 Å². The first kappa shape index (κ1) is 17.5. The molecule has 0 unspecified atom stereocenters. The number of nitrogens with one attached hydrogen (secondary N) is 1. The van der Waals surface area contributed by atoms with Crippen LogP contribution in [0.1, 0.15) is 20.3 Å². The Bertz CT molecular complexity index is 572. The maximum atomic E-state index is 12.1. The Morgan fingerprint density at radius 1 is 1.29 bits per heavy atom. The zero-order valence-electron chi connectivity index (χ0n) is 12.6. The van der Waals surface area contributed by atoms with Crippen LogP contribution in [0.25, 0.3) is 0 Å². The zero-order valence-corrected chi connectivity index (χ0v) is 13.4. The lowest BCUT2D eigenvalue weighted by atomic mass is 10.3. The average Bonchev–Trinajstić information content (AvgIpc) is 2.47. The predicted octanol–water partition coefficient (Wildman–Crippen LogP) is 1.70. The summed E-state index contributed by atoms with van der Waals surface area (Å²) in [7, 11) is -1.87. The number of carbonyl (C=O) groups excluding carboxylic acids is 1. The molecule has 0 saturated heterocycles. The van der Waals surface area contributed by atoms with E-state index in [9.17, 15) is 13.2 Å². The summed E-state index contributed by atoms with van der Waals surface area (Å²) >= 11 is 0. The summed E-state index contributed by atoms with van der Waals surface area (Å²) < 4.78 is 30.2. The minimum atomic E-state index is -3.38. The number of hydrogen-bond donors (Lipinski definition) is 1. The molecule has 1 amide bonds. The number of amides is 1. The molecule has 0 bridgehead atoms. The van der Waals surface area contributed by atoms with E-state index in [1.807, 2.05) is 6.92 Å². The van der Waals surface area contributed by atoms with Crippen molar-refractivity contribution in [3.63, 3.8) is 0 Å². The quantitative estimate of drug-likeness (QED) is 0.792. The monoisotopic (exact) mass is 314 g/mol. The van der Waals surface area contributed by atoms with E-state index >= 15 is 0 Å². The van der Waals surface area contributed by atoms with Crippen LogP contribution in [0.3, 0.4) is 0 Å². The minimum absolute atomic E-state index is 0.0189. The fourth-order valence-electron chi connectivity index (χ4n) is 1.85. The normalized spacial score (nSPS) is 11.4. The largest absolute Gasteiger partial charge is 0.495 e. The Balaban J connectivity index is 2.79. The van der Waals surface area contributed by atoms with Crippen LogP contribution in [-0.2, 0) is 14.8 Å². The molecule has 0 aliphatic heterocycles. The molecule has 1 rings (SSSR count). The molecule has 6 nitrogen and oxygen atoms in total. The van der Waals surface area contributed by atoms with Crippen molar-refractivity contribution in [3.05, 3.63) is 24.3 Å². The van der Waals surface area contributed by atoms with Crippen molar-refractivity contribution in [1.82, 2.24) is 4.31 Å². The van der Waals surface area contributed by atoms with Gasteiger partial charge in [-0.05, 0) is 25.5 Å². The lowest BCUT2D eigenvalue weighted by Gasteiger charge is -2.20. The fourth-order valence-corrected chi connectivity index (χ4v) is 2.99. The highest BCUT2D eigenvalue weighted by Gasteiger charge is 2.22. The average molecular weight is 314 g/mol. The summed E-state index contributed by atoms with van der Waals surface area (Å²) in [6, 6.07) is 6.99. The molecule has 1 N–H and O–H groups in total. The summed E-state index contributed by atoms with van der Waals surface area (Å²) in [6.07, 6.45) is 0.654. The molecule has 0 aromatic heterocycles. The first-order chi connectivity index (χ1) is 9.94. The third kappa shape index (κ3) is 5.02. The molecule has 0 atom stereocenters. The van der Waals surface area contributed by atoms with Gasteiger partial charge in [0.25, 0.3) is 0 Å². The number of benzene rings is 1. The van der Waals surface area contributed by atoms with E-state index in [4.69, 9.17) is 4.74 Å². The maximum Gasteiger partial charge on any atom is 0.239 e. The van der Waals surface area contributed by atoms with E-state index in [0.717, 1.165) is 0 Å². The molecule has 0 spiro atoms. The molecule has 0 fully saturated rings. The van der Waals surface area contributed by atoms with Crippen molar-refractivity contribution in [1.29, 1.82) is 0 Å². The Morgan fingerprint density at radius 2 is 1.95 bits per heavy atom. The van der Waals surface area contributed by atoms with Crippen LogP contribution in [0, 0.1) is 0 Å². The van der Waals surface area contributed by atoms with Crippen molar-refractivity contribution in [2.24, 2.45) is 0 Å². The Kier molecular flexibility index (Phi) is 6.64. The van der Waals surface area contributed by atoms with Gasteiger partial charge in [0, 0.05) is 6.54 Å². The summed E-state index contributed by atoms with van der Waals surface area (Å²) in [5, 5.41) is 2.68. The highest BCUT2D eigenvalue weighted by Crippen LogP contribution is 2.22. The molecule has 118 valence electrons. The summed E-state index contributed by atoms with van der Waals surface area (Å²) in [5.41, 5.74) is 0.523. The third-order valence-corrected chi connectivity index (χ3v) is 4.76. The Morgan fingerprint density at radius 3 is 2.52 bits per heavy atom. The maximum absolute atomic E-state index is 12.1. The van der Waals surface area contributed by atoms with Gasteiger partial charge < -0.3 is 10.1 Å². The van der Waals surface area contributed by atoms with Gasteiger partial charge in [-0.25, -0.2) is 8.42 Å². The molecular formula is C14H22N2O4S. The number of anilines is 1. The molecule has 1 aromatic rings. The topological polar surface area (TPSA) is 75.7 Å². The second-order valence-electron chi connectivity index (χ2n) is 4.48. The molecular weight excluding hydrogens is 292 g/mol. The number of nitrogens with zero attached hydrogens (tertiary/aromatic N) is 1. The summed E-state index contributed by atoms with van der Waals surface area (Å²) in [4.78, 5) is 12.1. The van der Waals surface area contributed by atoms with E-state index < -0.39 is 10.0 Å². The van der Waals surface area contributed by atoms with E-state index in [1.165, 1.54) is 11.4 Å². The van der Waals surface area contributed by atoms with Gasteiger partial charge in [-0.1, -0.05) is 19.1 Å². The van der Waals surface area contributed by atoms with Crippen molar-refractivity contribution in [2.75, 3.05) is 31.3 Å². The van der Waals surface area contributed by atoms with Crippen LogP contribution in [0.4, 0.5) is 5.69 Å². The molecule has 0 heterocycles. The molecule has 21 heavy (non-hydrogen) atoms. The molecule has 0 saturated carbocycles. The van der Waals surface area contributed by atoms with Crippen molar-refractivity contribution >= 4 is 21.6 Å². The number of methoxy groups -OCH3 is 1. The van der Waals surface area contributed by atoms with Gasteiger partial charge in [-0.15, -0.1) is 0 Å². The Labute approximate surface area is 126 Å². The molecule has 1 aromatic carbocycles. The summed E-state index contributed by atoms with van der Waals surface area (Å²) in [5.74, 6) is 0.130. The van der Waals surface area contributed by atoms with Crippen molar-refractivity contribution in [3.8, 4) is 5.75 Å². The van der Waals surface area contributed by atoms with Gasteiger partial charge in [-0.2, -0.15) is 4.31 Å². The lowest BCUT2D eigenvalue weighted by Crippen LogP contribution is -2.39. The number of rotatable bonds is 8. The van der Waals surface area contributed by atoms with Gasteiger partial charge in [0.15, 0.2) is 0 Å². The molecule has 7 heteroatoms. The SMILES string of the molecule is CCCN(CC(=O)Nc1ccccc1OC)S(=O)(=O)CC. The number of hydrogen-bond acceptors (Lipinski definition) is 4. The number of sulfonamides is 1. The van der Waals surface area contributed by atoms with E-state index in [0.29, 0.717) is 24.4 Å². The lowest BCUT2D eigenvalue weighted by molar-refractivity contribution is -0.116. The standard InChI is InChI=1S/C14H22N2O4S/c1-4-10-16(21(18,19)5-2)11-14(17)15-12-8-6-7-9-13(12)20-3/h6-9H,4-5,10-11H2,1-3H3,(H,15,17). The summed E-state index contributed by atoms with van der Waals surface area (Å²) in [6.45, 7) is 3.57. The highest BCUT2D eigenvalue weighted by molar-refractivity contribution is 7.89. The van der Waals surface area contributed by atoms with Crippen LogP contribution >= 0.6 is 0 Å². The number of para-hydroxylation sites is 2. The smallest absolute Gasteiger partial charge is 0.239 e. The Hall–Kier alpha value is -1.60. The van der Waals surface area contributed by atoms with Crippen molar-refractivity contribution in [2.45, 2.75) is 20.3 Å². The third-order valence-electron chi connectivity index (χ3n) is 2.93. The molecule has 0 aliphatic carbocycles. The van der Waals surface area contributed by atoms with Gasteiger partial charge in [0.1, 0.15) is 5.75 Å². The van der Waals surface area contributed by atoms with E-state index in [2.05, 4.69) is 5.32 Å². The van der Waals surface area contributed by atoms with Crippen LogP contribution in [-0.4, -0.2) is 44.6 Å². The van der Waals surface area contributed by atoms with Crippen LogP contribution < -0.4 is 10.1 Å². The molecule has 0 radical (unpaired) electrons.